The third-order valence-corrected chi connectivity index (χ3v) is 2.77. The summed E-state index contributed by atoms with van der Waals surface area (Å²) in [5, 5.41) is 7.48. The molecular weight excluding hydrogens is 212 g/mol. The second kappa shape index (κ2) is 6.08. The Labute approximate surface area is 96.0 Å². The van der Waals surface area contributed by atoms with Gasteiger partial charge < -0.3 is 5.32 Å². The molecule has 1 rings (SSSR count). The fourth-order valence-electron chi connectivity index (χ4n) is 1.49. The molecule has 0 aliphatic carbocycles. The third-order valence-electron chi connectivity index (χ3n) is 2.55. The lowest BCUT2D eigenvalue weighted by Crippen LogP contribution is -2.34. The molecular formula is C10H19ClN4. The standard InChI is InChI=1S/C10H19ClN4/c1-8(2)9(4-5-11)12-6-10-13-7-14-15(10)3/h7-9,12H,4-6H2,1-3H3. The number of hydrogen-bond donors (Lipinski definition) is 1. The smallest absolute Gasteiger partial charge is 0.140 e. The molecule has 1 unspecified atom stereocenters. The molecule has 0 saturated carbocycles. The summed E-state index contributed by atoms with van der Waals surface area (Å²) < 4.78 is 1.78. The van der Waals surface area contributed by atoms with Gasteiger partial charge in [0.2, 0.25) is 0 Å². The number of aromatic nitrogens is 3. The first-order valence-corrected chi connectivity index (χ1v) is 5.80. The minimum absolute atomic E-state index is 0.444. The van der Waals surface area contributed by atoms with Crippen LogP contribution in [0.3, 0.4) is 0 Å². The van der Waals surface area contributed by atoms with Crippen LogP contribution >= 0.6 is 11.6 Å². The minimum Gasteiger partial charge on any atom is -0.307 e. The molecule has 0 bridgehead atoms. The summed E-state index contributed by atoms with van der Waals surface area (Å²) in [5.41, 5.74) is 0. The summed E-state index contributed by atoms with van der Waals surface area (Å²) in [7, 11) is 1.90. The SMILES string of the molecule is CC(C)C(CCCl)NCc1ncnn1C. The van der Waals surface area contributed by atoms with Crippen LogP contribution in [0.2, 0.25) is 0 Å². The van der Waals surface area contributed by atoms with Crippen molar-refractivity contribution < 1.29 is 0 Å². The predicted molar refractivity (Wildman–Crippen MR) is 61.8 cm³/mol. The molecule has 1 atom stereocenters. The second-order valence-electron chi connectivity index (χ2n) is 4.01. The topological polar surface area (TPSA) is 42.7 Å². The van der Waals surface area contributed by atoms with E-state index in [0.717, 1.165) is 18.8 Å². The molecule has 1 heterocycles. The van der Waals surface area contributed by atoms with E-state index in [1.807, 2.05) is 7.05 Å². The van der Waals surface area contributed by atoms with Gasteiger partial charge in [0.15, 0.2) is 0 Å². The molecule has 1 aromatic heterocycles. The maximum Gasteiger partial charge on any atom is 0.140 e. The van der Waals surface area contributed by atoms with Gasteiger partial charge in [0, 0.05) is 19.0 Å². The van der Waals surface area contributed by atoms with Crippen molar-refractivity contribution in [2.24, 2.45) is 13.0 Å². The van der Waals surface area contributed by atoms with Crippen LogP contribution in [0.5, 0.6) is 0 Å². The predicted octanol–water partition coefficient (Wildman–Crippen LogP) is 1.56. The average Bonchev–Trinajstić information content (AvgIpc) is 2.58. The quantitative estimate of drug-likeness (QED) is 0.755. The van der Waals surface area contributed by atoms with Gasteiger partial charge in [-0.15, -0.1) is 11.6 Å². The molecule has 0 amide bonds. The van der Waals surface area contributed by atoms with Crippen LogP contribution in [0.15, 0.2) is 6.33 Å². The number of nitrogens with one attached hydrogen (secondary N) is 1. The first kappa shape index (κ1) is 12.5. The normalized spacial score (nSPS) is 13.4. The van der Waals surface area contributed by atoms with Crippen LogP contribution in [-0.2, 0) is 13.6 Å². The van der Waals surface area contributed by atoms with Crippen LogP contribution < -0.4 is 5.32 Å². The zero-order valence-corrected chi connectivity index (χ0v) is 10.3. The number of halogens is 1. The van der Waals surface area contributed by atoms with Crippen molar-refractivity contribution in [3.05, 3.63) is 12.2 Å². The summed E-state index contributed by atoms with van der Waals surface area (Å²) >= 11 is 5.76. The van der Waals surface area contributed by atoms with Crippen LogP contribution in [-0.4, -0.2) is 26.7 Å². The molecule has 5 heteroatoms. The Kier molecular flexibility index (Phi) is 5.05. The molecule has 0 aromatic carbocycles. The minimum atomic E-state index is 0.444. The highest BCUT2D eigenvalue weighted by molar-refractivity contribution is 6.17. The molecule has 0 fully saturated rings. The fourth-order valence-corrected chi connectivity index (χ4v) is 1.73. The van der Waals surface area contributed by atoms with Crippen molar-refractivity contribution in [2.45, 2.75) is 32.9 Å². The highest BCUT2D eigenvalue weighted by Gasteiger charge is 2.12. The van der Waals surface area contributed by atoms with Crippen molar-refractivity contribution in [2.75, 3.05) is 5.88 Å². The van der Waals surface area contributed by atoms with Crippen LogP contribution in [0.1, 0.15) is 26.1 Å². The second-order valence-corrected chi connectivity index (χ2v) is 4.39. The summed E-state index contributed by atoms with van der Waals surface area (Å²) in [6.45, 7) is 5.14. The van der Waals surface area contributed by atoms with Crippen LogP contribution in [0.4, 0.5) is 0 Å². The Balaban J connectivity index is 2.43. The van der Waals surface area contributed by atoms with Gasteiger partial charge >= 0.3 is 0 Å². The summed E-state index contributed by atoms with van der Waals surface area (Å²) in [6, 6.07) is 0.444. The van der Waals surface area contributed by atoms with E-state index >= 15 is 0 Å². The lowest BCUT2D eigenvalue weighted by atomic mass is 10.0. The van der Waals surface area contributed by atoms with E-state index in [2.05, 4.69) is 29.2 Å². The molecule has 0 spiro atoms. The first-order chi connectivity index (χ1) is 7.15. The molecule has 86 valence electrons. The van der Waals surface area contributed by atoms with Crippen LogP contribution in [0, 0.1) is 5.92 Å². The lowest BCUT2D eigenvalue weighted by Gasteiger charge is -2.21. The van der Waals surface area contributed by atoms with Crippen molar-refractivity contribution in [1.82, 2.24) is 20.1 Å². The highest BCUT2D eigenvalue weighted by Crippen LogP contribution is 2.07. The Morgan fingerprint density at radius 1 is 1.53 bits per heavy atom. The largest absolute Gasteiger partial charge is 0.307 e. The highest BCUT2D eigenvalue weighted by atomic mass is 35.5. The Hall–Kier alpha value is -0.610. The van der Waals surface area contributed by atoms with Crippen molar-refractivity contribution in [3.63, 3.8) is 0 Å². The molecule has 0 aliphatic heterocycles. The van der Waals surface area contributed by atoms with Crippen molar-refractivity contribution in [3.8, 4) is 0 Å². The molecule has 15 heavy (non-hydrogen) atoms. The van der Waals surface area contributed by atoms with E-state index in [-0.39, 0.29) is 0 Å². The summed E-state index contributed by atoms with van der Waals surface area (Å²) in [5.74, 6) is 2.22. The van der Waals surface area contributed by atoms with Gasteiger partial charge in [0.1, 0.15) is 12.2 Å². The number of aryl methyl sites for hydroxylation is 1. The fraction of sp³-hybridized carbons (Fsp3) is 0.800. The zero-order valence-electron chi connectivity index (χ0n) is 9.57. The Morgan fingerprint density at radius 3 is 2.73 bits per heavy atom. The zero-order chi connectivity index (χ0) is 11.3. The van der Waals surface area contributed by atoms with E-state index < -0.39 is 0 Å². The number of alkyl halides is 1. The van der Waals surface area contributed by atoms with Gasteiger partial charge in [0.05, 0.1) is 6.54 Å². The molecule has 0 aliphatic rings. The Bertz CT molecular complexity index is 285. The number of nitrogens with zero attached hydrogens (tertiary/aromatic N) is 3. The molecule has 1 aromatic rings. The lowest BCUT2D eigenvalue weighted by molar-refractivity contribution is 0.382. The van der Waals surface area contributed by atoms with Gasteiger partial charge in [-0.1, -0.05) is 13.8 Å². The van der Waals surface area contributed by atoms with Gasteiger partial charge in [-0.3, -0.25) is 4.68 Å². The van der Waals surface area contributed by atoms with Gasteiger partial charge in [0.25, 0.3) is 0 Å². The first-order valence-electron chi connectivity index (χ1n) is 5.27. The summed E-state index contributed by atoms with van der Waals surface area (Å²) in [6.07, 6.45) is 2.56. The third kappa shape index (κ3) is 3.80. The van der Waals surface area contributed by atoms with E-state index in [0.29, 0.717) is 17.8 Å². The molecule has 0 saturated heterocycles. The summed E-state index contributed by atoms with van der Waals surface area (Å²) in [4.78, 5) is 4.16. The maximum absolute atomic E-state index is 5.76. The number of rotatable bonds is 6. The van der Waals surface area contributed by atoms with Gasteiger partial charge in [-0.2, -0.15) is 5.10 Å². The average molecular weight is 231 g/mol. The van der Waals surface area contributed by atoms with E-state index in [1.165, 1.54) is 0 Å². The van der Waals surface area contributed by atoms with E-state index in [9.17, 15) is 0 Å². The van der Waals surface area contributed by atoms with E-state index in [4.69, 9.17) is 11.6 Å². The van der Waals surface area contributed by atoms with Gasteiger partial charge in [-0.25, -0.2) is 4.98 Å². The molecule has 1 N–H and O–H groups in total. The molecule has 0 radical (unpaired) electrons. The number of hydrogen-bond acceptors (Lipinski definition) is 3. The van der Waals surface area contributed by atoms with Crippen molar-refractivity contribution in [1.29, 1.82) is 0 Å². The van der Waals surface area contributed by atoms with Gasteiger partial charge in [-0.05, 0) is 12.3 Å². The molecule has 4 nitrogen and oxygen atoms in total. The van der Waals surface area contributed by atoms with Crippen molar-refractivity contribution >= 4 is 11.6 Å². The van der Waals surface area contributed by atoms with E-state index in [1.54, 1.807) is 11.0 Å². The maximum atomic E-state index is 5.76. The Morgan fingerprint density at radius 2 is 2.27 bits per heavy atom. The van der Waals surface area contributed by atoms with Crippen LogP contribution in [0.25, 0.3) is 0 Å². The monoisotopic (exact) mass is 230 g/mol.